The van der Waals surface area contributed by atoms with Crippen LogP contribution in [0, 0.1) is 0 Å². The van der Waals surface area contributed by atoms with Gasteiger partial charge in [0, 0.05) is 11.1 Å². The summed E-state index contributed by atoms with van der Waals surface area (Å²) in [6, 6.07) is 1.55. The molecule has 2 rings (SSSR count). The standard InChI is InChI=1S/C12H14O4/c1-15-10-6-9(12(13)14)11(16-2)8-5-3-4-7(8)10/h6H,3-5H2,1-2H3,(H,13,14). The molecule has 0 saturated carbocycles. The lowest BCUT2D eigenvalue weighted by Crippen LogP contribution is -2.05. The lowest BCUT2D eigenvalue weighted by molar-refractivity contribution is 0.0692. The molecule has 1 aromatic carbocycles. The van der Waals surface area contributed by atoms with Crippen LogP contribution >= 0.6 is 0 Å². The van der Waals surface area contributed by atoms with Crippen LogP contribution in [0.1, 0.15) is 27.9 Å². The second-order valence-electron chi connectivity index (χ2n) is 3.78. The predicted octanol–water partition coefficient (Wildman–Crippen LogP) is 1.89. The molecule has 0 amide bonds. The van der Waals surface area contributed by atoms with Crippen LogP contribution in [0.4, 0.5) is 0 Å². The molecule has 1 N–H and O–H groups in total. The number of hydrogen-bond acceptors (Lipinski definition) is 3. The molecule has 0 aromatic heterocycles. The Hall–Kier alpha value is -1.71. The van der Waals surface area contributed by atoms with E-state index in [9.17, 15) is 4.79 Å². The summed E-state index contributed by atoms with van der Waals surface area (Å²) in [7, 11) is 3.07. The quantitative estimate of drug-likeness (QED) is 0.848. The van der Waals surface area contributed by atoms with E-state index in [2.05, 4.69) is 0 Å². The summed E-state index contributed by atoms with van der Waals surface area (Å²) in [5.41, 5.74) is 2.25. The topological polar surface area (TPSA) is 55.8 Å². The lowest BCUT2D eigenvalue weighted by atomic mass is 10.0. The minimum atomic E-state index is -0.982. The molecule has 0 saturated heterocycles. The number of methoxy groups -OCH3 is 2. The summed E-state index contributed by atoms with van der Waals surface area (Å²) in [6.07, 6.45) is 2.80. The fourth-order valence-corrected chi connectivity index (χ4v) is 2.29. The number of carboxylic acid groups (broad SMARTS) is 1. The Bertz CT molecular complexity index is 437. The summed E-state index contributed by atoms with van der Waals surface area (Å²) in [4.78, 5) is 11.1. The first-order chi connectivity index (χ1) is 7.69. The van der Waals surface area contributed by atoms with Crippen LogP contribution in [-0.4, -0.2) is 25.3 Å². The van der Waals surface area contributed by atoms with Gasteiger partial charge in [0.05, 0.1) is 14.2 Å². The van der Waals surface area contributed by atoms with Crippen LogP contribution in [0.15, 0.2) is 6.07 Å². The highest BCUT2D eigenvalue weighted by Gasteiger charge is 2.25. The Morgan fingerprint density at radius 2 is 1.94 bits per heavy atom. The third-order valence-corrected chi connectivity index (χ3v) is 2.96. The number of hydrogen-bond donors (Lipinski definition) is 1. The van der Waals surface area contributed by atoms with Crippen molar-refractivity contribution in [3.63, 3.8) is 0 Å². The number of carbonyl (C=O) groups is 1. The summed E-state index contributed by atoms with van der Waals surface area (Å²) in [6.45, 7) is 0. The highest BCUT2D eigenvalue weighted by molar-refractivity contribution is 5.92. The molecule has 0 heterocycles. The largest absolute Gasteiger partial charge is 0.496 e. The minimum Gasteiger partial charge on any atom is -0.496 e. The zero-order valence-electron chi connectivity index (χ0n) is 9.37. The van der Waals surface area contributed by atoms with E-state index in [0.29, 0.717) is 11.5 Å². The van der Waals surface area contributed by atoms with Crippen LogP contribution < -0.4 is 9.47 Å². The molecule has 0 spiro atoms. The van der Waals surface area contributed by atoms with Gasteiger partial charge in [0.1, 0.15) is 17.1 Å². The van der Waals surface area contributed by atoms with Crippen LogP contribution in [0.25, 0.3) is 0 Å². The number of ether oxygens (including phenoxy) is 2. The van der Waals surface area contributed by atoms with E-state index in [1.54, 1.807) is 13.2 Å². The first kappa shape index (κ1) is 10.8. The molecule has 0 radical (unpaired) electrons. The molecule has 0 bridgehead atoms. The zero-order valence-corrected chi connectivity index (χ0v) is 9.37. The molecule has 4 heteroatoms. The average molecular weight is 222 g/mol. The van der Waals surface area contributed by atoms with Gasteiger partial charge in [-0.1, -0.05) is 0 Å². The molecule has 0 unspecified atom stereocenters. The summed E-state index contributed by atoms with van der Waals surface area (Å²) >= 11 is 0. The Labute approximate surface area is 93.8 Å². The molecule has 0 atom stereocenters. The van der Waals surface area contributed by atoms with Crippen molar-refractivity contribution >= 4 is 5.97 Å². The van der Waals surface area contributed by atoms with Gasteiger partial charge in [0.25, 0.3) is 0 Å². The van der Waals surface area contributed by atoms with Gasteiger partial charge in [-0.05, 0) is 25.3 Å². The fraction of sp³-hybridized carbons (Fsp3) is 0.417. The average Bonchev–Trinajstić information content (AvgIpc) is 2.75. The normalized spacial score (nSPS) is 13.4. The maximum absolute atomic E-state index is 11.1. The van der Waals surface area contributed by atoms with Gasteiger partial charge in [-0.15, -0.1) is 0 Å². The molecular formula is C12H14O4. The van der Waals surface area contributed by atoms with Crippen molar-refractivity contribution < 1.29 is 19.4 Å². The zero-order chi connectivity index (χ0) is 11.7. The van der Waals surface area contributed by atoms with Crippen LogP contribution in [0.2, 0.25) is 0 Å². The number of rotatable bonds is 3. The van der Waals surface area contributed by atoms with Crippen LogP contribution in [0.3, 0.4) is 0 Å². The molecule has 86 valence electrons. The van der Waals surface area contributed by atoms with E-state index in [0.717, 1.165) is 30.4 Å². The van der Waals surface area contributed by atoms with Crippen molar-refractivity contribution in [1.29, 1.82) is 0 Å². The summed E-state index contributed by atoms with van der Waals surface area (Å²) in [5.74, 6) is 0.163. The van der Waals surface area contributed by atoms with Gasteiger partial charge in [0.15, 0.2) is 0 Å². The first-order valence-electron chi connectivity index (χ1n) is 5.19. The third kappa shape index (κ3) is 1.50. The van der Waals surface area contributed by atoms with Crippen molar-refractivity contribution in [2.75, 3.05) is 14.2 Å². The Morgan fingerprint density at radius 3 is 2.50 bits per heavy atom. The maximum Gasteiger partial charge on any atom is 0.339 e. The number of fused-ring (bicyclic) bond motifs is 1. The summed E-state index contributed by atoms with van der Waals surface area (Å²) in [5, 5.41) is 9.11. The fourth-order valence-electron chi connectivity index (χ4n) is 2.29. The smallest absolute Gasteiger partial charge is 0.339 e. The highest BCUT2D eigenvalue weighted by Crippen LogP contribution is 2.39. The molecule has 0 aliphatic heterocycles. The van der Waals surface area contributed by atoms with Crippen molar-refractivity contribution in [2.24, 2.45) is 0 Å². The second kappa shape index (κ2) is 4.04. The maximum atomic E-state index is 11.1. The van der Waals surface area contributed by atoms with Gasteiger partial charge in [0.2, 0.25) is 0 Å². The van der Waals surface area contributed by atoms with E-state index in [1.807, 2.05) is 0 Å². The minimum absolute atomic E-state index is 0.181. The Balaban J connectivity index is 2.68. The monoisotopic (exact) mass is 222 g/mol. The SMILES string of the molecule is COc1cc(C(=O)O)c(OC)c2c1CCC2. The van der Waals surface area contributed by atoms with Crippen molar-refractivity contribution in [3.8, 4) is 11.5 Å². The van der Waals surface area contributed by atoms with Crippen molar-refractivity contribution in [3.05, 3.63) is 22.8 Å². The van der Waals surface area contributed by atoms with Gasteiger partial charge in [-0.2, -0.15) is 0 Å². The molecule has 1 aromatic rings. The van der Waals surface area contributed by atoms with Crippen molar-refractivity contribution in [2.45, 2.75) is 19.3 Å². The number of benzene rings is 1. The lowest BCUT2D eigenvalue weighted by Gasteiger charge is -2.14. The van der Waals surface area contributed by atoms with Crippen LogP contribution in [0.5, 0.6) is 11.5 Å². The molecule has 4 nitrogen and oxygen atoms in total. The van der Waals surface area contributed by atoms with E-state index in [-0.39, 0.29) is 5.56 Å². The second-order valence-corrected chi connectivity index (χ2v) is 3.78. The number of aromatic carboxylic acids is 1. The van der Waals surface area contributed by atoms with E-state index < -0.39 is 5.97 Å². The van der Waals surface area contributed by atoms with E-state index in [4.69, 9.17) is 14.6 Å². The molecule has 1 aliphatic carbocycles. The van der Waals surface area contributed by atoms with E-state index in [1.165, 1.54) is 7.11 Å². The highest BCUT2D eigenvalue weighted by atomic mass is 16.5. The van der Waals surface area contributed by atoms with Gasteiger partial charge in [-0.3, -0.25) is 0 Å². The van der Waals surface area contributed by atoms with Gasteiger partial charge >= 0.3 is 5.97 Å². The molecule has 0 fully saturated rings. The molecule has 16 heavy (non-hydrogen) atoms. The number of carboxylic acids is 1. The van der Waals surface area contributed by atoms with Gasteiger partial charge < -0.3 is 14.6 Å². The van der Waals surface area contributed by atoms with Crippen LogP contribution in [-0.2, 0) is 12.8 Å². The molecular weight excluding hydrogens is 208 g/mol. The summed E-state index contributed by atoms with van der Waals surface area (Å²) < 4.78 is 10.4. The van der Waals surface area contributed by atoms with Gasteiger partial charge in [-0.25, -0.2) is 4.79 Å². The molecule has 1 aliphatic rings. The third-order valence-electron chi connectivity index (χ3n) is 2.96. The Kier molecular flexibility index (Phi) is 2.73. The predicted molar refractivity (Wildman–Crippen MR) is 58.5 cm³/mol. The van der Waals surface area contributed by atoms with E-state index >= 15 is 0 Å². The van der Waals surface area contributed by atoms with Crippen molar-refractivity contribution in [1.82, 2.24) is 0 Å². The first-order valence-corrected chi connectivity index (χ1v) is 5.19. The Morgan fingerprint density at radius 1 is 1.25 bits per heavy atom.